The van der Waals surface area contributed by atoms with E-state index in [4.69, 9.17) is 4.74 Å². The number of ether oxygens (including phenoxy) is 1. The SMILES string of the molecule is CCCn1nc(C(=O)OCC(=O)N2CCCc3cc([N+](=O)[O-])ccc32)ccc1=O. The smallest absolute Gasteiger partial charge is 0.359 e. The number of non-ortho nitro benzene ring substituents is 1. The summed E-state index contributed by atoms with van der Waals surface area (Å²) in [6.45, 7) is 2.18. The van der Waals surface area contributed by atoms with Gasteiger partial charge in [-0.1, -0.05) is 6.92 Å². The Bertz CT molecular complexity index is 1020. The van der Waals surface area contributed by atoms with Crippen molar-refractivity contribution in [3.8, 4) is 0 Å². The Morgan fingerprint density at radius 2 is 2.07 bits per heavy atom. The highest BCUT2D eigenvalue weighted by Crippen LogP contribution is 2.30. The second-order valence-electron chi connectivity index (χ2n) is 6.58. The van der Waals surface area contributed by atoms with E-state index in [2.05, 4.69) is 5.10 Å². The van der Waals surface area contributed by atoms with Crippen LogP contribution in [0.3, 0.4) is 0 Å². The largest absolute Gasteiger partial charge is 0.451 e. The summed E-state index contributed by atoms with van der Waals surface area (Å²) >= 11 is 0. The molecule has 1 aliphatic rings. The van der Waals surface area contributed by atoms with Crippen molar-refractivity contribution in [3.63, 3.8) is 0 Å². The Balaban J connectivity index is 1.69. The first kappa shape index (κ1) is 20.2. The summed E-state index contributed by atoms with van der Waals surface area (Å²) in [5.74, 6) is -1.24. The number of carbonyl (C=O) groups excluding carboxylic acids is 2. The van der Waals surface area contributed by atoms with Gasteiger partial charge >= 0.3 is 5.97 Å². The van der Waals surface area contributed by atoms with Gasteiger partial charge in [-0.25, -0.2) is 9.48 Å². The van der Waals surface area contributed by atoms with E-state index in [1.165, 1.54) is 39.9 Å². The van der Waals surface area contributed by atoms with Gasteiger partial charge in [0.05, 0.1) is 4.92 Å². The van der Waals surface area contributed by atoms with Crippen molar-refractivity contribution in [3.05, 3.63) is 62.1 Å². The van der Waals surface area contributed by atoms with Crippen LogP contribution in [-0.2, 0) is 22.5 Å². The van der Waals surface area contributed by atoms with Crippen molar-refractivity contribution in [1.82, 2.24) is 9.78 Å². The van der Waals surface area contributed by atoms with E-state index in [1.54, 1.807) is 0 Å². The Labute approximate surface area is 165 Å². The number of aromatic nitrogens is 2. The molecule has 29 heavy (non-hydrogen) atoms. The molecule has 10 nitrogen and oxygen atoms in total. The molecule has 0 aliphatic carbocycles. The molecule has 152 valence electrons. The average Bonchev–Trinajstić information content (AvgIpc) is 2.72. The summed E-state index contributed by atoms with van der Waals surface area (Å²) < 4.78 is 6.25. The Morgan fingerprint density at radius 3 is 2.79 bits per heavy atom. The van der Waals surface area contributed by atoms with Crippen molar-refractivity contribution in [2.75, 3.05) is 18.1 Å². The maximum atomic E-state index is 12.6. The molecule has 0 atom stereocenters. The quantitative estimate of drug-likeness (QED) is 0.410. The van der Waals surface area contributed by atoms with Crippen molar-refractivity contribution < 1.29 is 19.2 Å². The van der Waals surface area contributed by atoms with Crippen LogP contribution in [0.25, 0.3) is 0 Å². The van der Waals surface area contributed by atoms with Gasteiger partial charge < -0.3 is 9.64 Å². The van der Waals surface area contributed by atoms with E-state index in [1.807, 2.05) is 6.92 Å². The third kappa shape index (κ3) is 4.48. The lowest BCUT2D eigenvalue weighted by molar-refractivity contribution is -0.384. The van der Waals surface area contributed by atoms with Crippen LogP contribution < -0.4 is 10.5 Å². The molecule has 3 rings (SSSR count). The lowest BCUT2D eigenvalue weighted by atomic mass is 10.0. The fraction of sp³-hybridized carbons (Fsp3) is 0.368. The number of aryl methyl sites for hydroxylation is 2. The highest BCUT2D eigenvalue weighted by atomic mass is 16.6. The molecule has 0 bridgehead atoms. The minimum atomic E-state index is -0.802. The van der Waals surface area contributed by atoms with Crippen molar-refractivity contribution in [2.45, 2.75) is 32.7 Å². The Kier molecular flexibility index (Phi) is 6.01. The van der Waals surface area contributed by atoms with E-state index >= 15 is 0 Å². The molecule has 0 N–H and O–H groups in total. The summed E-state index contributed by atoms with van der Waals surface area (Å²) in [7, 11) is 0. The van der Waals surface area contributed by atoms with Crippen LogP contribution >= 0.6 is 0 Å². The number of esters is 1. The van der Waals surface area contributed by atoms with Crippen molar-refractivity contribution in [2.24, 2.45) is 0 Å². The summed E-state index contributed by atoms with van der Waals surface area (Å²) in [6, 6.07) is 6.83. The van der Waals surface area contributed by atoms with Gasteiger partial charge in [-0.05, 0) is 37.0 Å². The number of benzene rings is 1. The standard InChI is InChI=1S/C19H20N4O6/c1-2-9-22-17(24)8-6-15(20-22)19(26)29-12-18(25)21-10-3-4-13-11-14(23(27)28)5-7-16(13)21/h5-8,11H,2-4,9-10,12H2,1H3. The number of rotatable bonds is 6. The van der Waals surface area contributed by atoms with Gasteiger partial charge in [0.2, 0.25) is 0 Å². The summed E-state index contributed by atoms with van der Waals surface area (Å²) in [5.41, 5.74) is 0.882. The van der Waals surface area contributed by atoms with Crippen LogP contribution in [0.2, 0.25) is 0 Å². The van der Waals surface area contributed by atoms with Gasteiger partial charge in [0.25, 0.3) is 17.2 Å². The van der Waals surface area contributed by atoms with E-state index in [-0.39, 0.29) is 16.9 Å². The Morgan fingerprint density at radius 1 is 1.28 bits per heavy atom. The van der Waals surface area contributed by atoms with E-state index in [9.17, 15) is 24.5 Å². The van der Waals surface area contributed by atoms with Gasteiger partial charge in [-0.3, -0.25) is 19.7 Å². The van der Waals surface area contributed by atoms with Gasteiger partial charge in [0.1, 0.15) is 0 Å². The zero-order chi connectivity index (χ0) is 21.0. The molecular weight excluding hydrogens is 380 g/mol. The zero-order valence-electron chi connectivity index (χ0n) is 15.9. The van der Waals surface area contributed by atoms with Crippen LogP contribution in [-0.4, -0.2) is 39.7 Å². The normalized spacial score (nSPS) is 12.9. The second kappa shape index (κ2) is 8.63. The van der Waals surface area contributed by atoms with E-state index < -0.39 is 23.4 Å². The maximum absolute atomic E-state index is 12.6. The number of hydrogen-bond acceptors (Lipinski definition) is 7. The molecule has 0 saturated heterocycles. The second-order valence-corrected chi connectivity index (χ2v) is 6.58. The summed E-state index contributed by atoms with van der Waals surface area (Å²) in [4.78, 5) is 48.4. The lowest BCUT2D eigenvalue weighted by Gasteiger charge is -2.29. The molecule has 10 heteroatoms. The number of hydrogen-bond donors (Lipinski definition) is 0. The third-order valence-corrected chi connectivity index (χ3v) is 4.53. The van der Waals surface area contributed by atoms with Crippen molar-refractivity contribution >= 4 is 23.3 Å². The molecule has 1 aromatic heterocycles. The first-order chi connectivity index (χ1) is 13.9. The molecule has 0 unspecified atom stereocenters. The van der Waals surface area contributed by atoms with Gasteiger partial charge in [-0.2, -0.15) is 5.10 Å². The Hall–Kier alpha value is -3.56. The van der Waals surface area contributed by atoms with Crippen LogP contribution in [0.1, 0.15) is 35.8 Å². The monoisotopic (exact) mass is 400 g/mol. The molecule has 0 fully saturated rings. The average molecular weight is 400 g/mol. The van der Waals surface area contributed by atoms with Gasteiger partial charge in [0, 0.05) is 37.0 Å². The highest BCUT2D eigenvalue weighted by Gasteiger charge is 2.25. The molecular formula is C19H20N4O6. The number of amides is 1. The summed E-state index contributed by atoms with van der Waals surface area (Å²) in [5, 5.41) is 14.9. The minimum absolute atomic E-state index is 0.0299. The number of fused-ring (bicyclic) bond motifs is 1. The number of nitro groups is 1. The molecule has 0 spiro atoms. The van der Waals surface area contributed by atoms with Crippen LogP contribution in [0.5, 0.6) is 0 Å². The fourth-order valence-electron chi connectivity index (χ4n) is 3.17. The predicted octanol–water partition coefficient (Wildman–Crippen LogP) is 1.70. The topological polar surface area (TPSA) is 125 Å². The number of nitrogens with zero attached hydrogens (tertiary/aromatic N) is 4. The number of anilines is 1. The van der Waals surface area contributed by atoms with E-state index in [0.29, 0.717) is 43.6 Å². The number of carbonyl (C=O) groups is 2. The molecule has 1 aromatic carbocycles. The summed E-state index contributed by atoms with van der Waals surface area (Å²) in [6.07, 6.45) is 1.96. The fourth-order valence-corrected chi connectivity index (χ4v) is 3.17. The molecule has 1 aliphatic heterocycles. The van der Waals surface area contributed by atoms with Crippen LogP contribution in [0, 0.1) is 10.1 Å². The first-order valence-electron chi connectivity index (χ1n) is 9.23. The zero-order valence-corrected chi connectivity index (χ0v) is 15.9. The van der Waals surface area contributed by atoms with E-state index in [0.717, 1.165) is 0 Å². The molecule has 0 radical (unpaired) electrons. The van der Waals surface area contributed by atoms with Gasteiger partial charge in [-0.15, -0.1) is 0 Å². The molecule has 1 amide bonds. The molecule has 0 saturated carbocycles. The van der Waals surface area contributed by atoms with Crippen LogP contribution in [0.15, 0.2) is 35.1 Å². The predicted molar refractivity (Wildman–Crippen MR) is 103 cm³/mol. The van der Waals surface area contributed by atoms with Crippen LogP contribution in [0.4, 0.5) is 11.4 Å². The first-order valence-corrected chi connectivity index (χ1v) is 9.23. The molecule has 2 aromatic rings. The highest BCUT2D eigenvalue weighted by molar-refractivity contribution is 5.97. The number of nitro benzene ring substituents is 1. The minimum Gasteiger partial charge on any atom is -0.451 e. The maximum Gasteiger partial charge on any atom is 0.359 e. The van der Waals surface area contributed by atoms with Crippen molar-refractivity contribution in [1.29, 1.82) is 0 Å². The lowest BCUT2D eigenvalue weighted by Crippen LogP contribution is -2.38. The molecule has 2 heterocycles. The van der Waals surface area contributed by atoms with Gasteiger partial charge in [0.15, 0.2) is 12.3 Å². The third-order valence-electron chi connectivity index (χ3n) is 4.53.